The van der Waals surface area contributed by atoms with Crippen LogP contribution < -0.4 is 14.2 Å². The maximum atomic E-state index is 11.7. The Morgan fingerprint density at radius 2 is 1.73 bits per heavy atom. The predicted octanol–water partition coefficient (Wildman–Crippen LogP) is 7.51. The van der Waals surface area contributed by atoms with E-state index in [-0.39, 0.29) is 13.2 Å². The van der Waals surface area contributed by atoms with Gasteiger partial charge in [-0.1, -0.05) is 31.2 Å². The molecule has 0 fully saturated rings. The van der Waals surface area contributed by atoms with E-state index in [1.54, 1.807) is 42.3 Å². The lowest BCUT2D eigenvalue weighted by Crippen LogP contribution is -2.02. The van der Waals surface area contributed by atoms with E-state index in [1.165, 1.54) is 7.11 Å². The first kappa shape index (κ1) is 31.9. The van der Waals surface area contributed by atoms with Crippen LogP contribution in [0.5, 0.6) is 17.4 Å². The average molecular weight is 647 g/mol. The highest BCUT2D eigenvalue weighted by Gasteiger charge is 2.16. The number of benzene rings is 3. The molecule has 3 aromatic heterocycles. The summed E-state index contributed by atoms with van der Waals surface area (Å²) in [6, 6.07) is 22.3. The van der Waals surface area contributed by atoms with Gasteiger partial charge in [0, 0.05) is 18.2 Å². The monoisotopic (exact) mass is 646 g/mol. The molecule has 0 spiro atoms. The lowest BCUT2D eigenvalue weighted by atomic mass is 10.1. The van der Waals surface area contributed by atoms with Crippen LogP contribution in [0.3, 0.4) is 0 Å². The minimum absolute atomic E-state index is 0.166. The Morgan fingerprint density at radius 1 is 0.917 bits per heavy atom. The van der Waals surface area contributed by atoms with Crippen molar-refractivity contribution in [3.8, 4) is 34.5 Å². The molecule has 0 amide bonds. The molecule has 11 nitrogen and oxygen atoms in total. The van der Waals surface area contributed by atoms with Crippen LogP contribution in [-0.4, -0.2) is 39.9 Å². The normalized spacial score (nSPS) is 11.2. The summed E-state index contributed by atoms with van der Waals surface area (Å²) >= 11 is 0. The number of carbonyl (C=O) groups is 1. The molecule has 0 bridgehead atoms. The number of methoxy groups -OCH3 is 2. The second-order valence-corrected chi connectivity index (χ2v) is 10.7. The van der Waals surface area contributed by atoms with E-state index in [2.05, 4.69) is 9.97 Å². The quantitative estimate of drug-likeness (QED) is 0.116. The zero-order valence-electron chi connectivity index (χ0n) is 27.0. The van der Waals surface area contributed by atoms with Gasteiger partial charge >= 0.3 is 5.97 Å². The zero-order chi connectivity index (χ0) is 33.5. The number of aryl methyl sites for hydroxylation is 2. The summed E-state index contributed by atoms with van der Waals surface area (Å²) in [4.78, 5) is 20.8. The zero-order valence-corrected chi connectivity index (χ0v) is 27.0. The molecular formula is C37H34N4O7. The van der Waals surface area contributed by atoms with Gasteiger partial charge in [0.2, 0.25) is 11.8 Å². The number of aromatic nitrogens is 4. The van der Waals surface area contributed by atoms with Crippen molar-refractivity contribution >= 4 is 18.1 Å². The number of oxazole rings is 2. The molecule has 0 N–H and O–H groups in total. The maximum absolute atomic E-state index is 11.7. The molecule has 48 heavy (non-hydrogen) atoms. The van der Waals surface area contributed by atoms with Crippen LogP contribution >= 0.6 is 0 Å². The Labute approximate surface area is 277 Å². The van der Waals surface area contributed by atoms with Crippen LogP contribution in [0.4, 0.5) is 0 Å². The number of hydrogen-bond donors (Lipinski definition) is 0. The molecule has 3 aromatic carbocycles. The van der Waals surface area contributed by atoms with Crippen LogP contribution in [0.25, 0.3) is 29.3 Å². The summed E-state index contributed by atoms with van der Waals surface area (Å²) in [5.41, 5.74) is 5.10. The molecule has 0 aliphatic carbocycles. The highest BCUT2D eigenvalue weighted by Crippen LogP contribution is 2.31. The van der Waals surface area contributed by atoms with Crippen molar-refractivity contribution in [2.24, 2.45) is 0 Å². The van der Waals surface area contributed by atoms with E-state index in [0.29, 0.717) is 46.2 Å². The summed E-state index contributed by atoms with van der Waals surface area (Å²) in [5, 5.41) is 4.71. The number of rotatable bonds is 13. The molecule has 6 rings (SSSR count). The van der Waals surface area contributed by atoms with E-state index in [1.807, 2.05) is 80.7 Å². The van der Waals surface area contributed by atoms with Gasteiger partial charge < -0.3 is 27.8 Å². The third-order valence-corrected chi connectivity index (χ3v) is 7.45. The first-order valence-corrected chi connectivity index (χ1v) is 15.3. The molecule has 0 aliphatic heterocycles. The van der Waals surface area contributed by atoms with Crippen LogP contribution in [0, 0.1) is 6.92 Å². The molecular weight excluding hydrogens is 612 g/mol. The average Bonchev–Trinajstić information content (AvgIpc) is 3.87. The van der Waals surface area contributed by atoms with Gasteiger partial charge in [0.1, 0.15) is 36.6 Å². The molecule has 0 saturated carbocycles. The molecule has 11 heteroatoms. The highest BCUT2D eigenvalue weighted by atomic mass is 16.5. The van der Waals surface area contributed by atoms with Crippen LogP contribution in [0.15, 0.2) is 94.1 Å². The van der Waals surface area contributed by atoms with Gasteiger partial charge in [-0.05, 0) is 73.2 Å². The number of esters is 1. The molecule has 3 heterocycles. The SMILES string of the molecule is CCc1nc(/C=C/c2cn(-c3ccccc3)nc2OCc2ccc(OCc3nc(-c4ccc(C(=O)OC)cc4)oc3C)c(OC)c2)co1. The first-order chi connectivity index (χ1) is 23.4. The Bertz CT molecular complexity index is 2020. The van der Waals surface area contributed by atoms with Gasteiger partial charge in [-0.2, -0.15) is 0 Å². The summed E-state index contributed by atoms with van der Waals surface area (Å²) in [6.07, 6.45) is 8.04. The van der Waals surface area contributed by atoms with Gasteiger partial charge in [-0.15, -0.1) is 5.10 Å². The molecule has 0 atom stereocenters. The highest BCUT2D eigenvalue weighted by molar-refractivity contribution is 5.89. The van der Waals surface area contributed by atoms with Crippen LogP contribution in [0.1, 0.15) is 51.4 Å². The second kappa shape index (κ2) is 14.5. The van der Waals surface area contributed by atoms with Crippen molar-refractivity contribution in [2.75, 3.05) is 14.2 Å². The molecule has 0 unspecified atom stereocenters. The largest absolute Gasteiger partial charge is 0.493 e. The second-order valence-electron chi connectivity index (χ2n) is 10.7. The smallest absolute Gasteiger partial charge is 0.337 e. The fraction of sp³-hybridized carbons (Fsp3) is 0.189. The Hall–Kier alpha value is -6.10. The molecule has 0 aliphatic rings. The van der Waals surface area contributed by atoms with E-state index in [4.69, 9.17) is 32.9 Å². The van der Waals surface area contributed by atoms with Crippen molar-refractivity contribution in [1.82, 2.24) is 19.7 Å². The van der Waals surface area contributed by atoms with Crippen molar-refractivity contribution in [2.45, 2.75) is 33.5 Å². The van der Waals surface area contributed by atoms with Crippen LogP contribution in [0.2, 0.25) is 0 Å². The third kappa shape index (κ3) is 7.31. The van der Waals surface area contributed by atoms with Crippen molar-refractivity contribution < 1.29 is 32.6 Å². The van der Waals surface area contributed by atoms with Crippen molar-refractivity contribution in [3.63, 3.8) is 0 Å². The maximum Gasteiger partial charge on any atom is 0.337 e. The van der Waals surface area contributed by atoms with Gasteiger partial charge in [-0.25, -0.2) is 19.4 Å². The summed E-state index contributed by atoms with van der Waals surface area (Å²) in [7, 11) is 2.93. The van der Waals surface area contributed by atoms with Gasteiger partial charge in [0.15, 0.2) is 17.4 Å². The number of nitrogens with zero attached hydrogens (tertiary/aromatic N) is 4. The number of hydrogen-bond acceptors (Lipinski definition) is 10. The van der Waals surface area contributed by atoms with E-state index in [0.717, 1.165) is 34.5 Å². The first-order valence-electron chi connectivity index (χ1n) is 15.3. The van der Waals surface area contributed by atoms with Gasteiger partial charge in [0.05, 0.1) is 31.0 Å². The molecule has 0 saturated heterocycles. The van der Waals surface area contributed by atoms with Crippen molar-refractivity contribution in [3.05, 3.63) is 125 Å². The fourth-order valence-electron chi connectivity index (χ4n) is 4.82. The summed E-state index contributed by atoms with van der Waals surface area (Å²) < 4.78 is 35.9. The van der Waals surface area contributed by atoms with Gasteiger partial charge in [-0.3, -0.25) is 0 Å². The number of para-hydroxylation sites is 1. The van der Waals surface area contributed by atoms with Crippen LogP contribution in [-0.2, 0) is 24.4 Å². The topological polar surface area (TPSA) is 124 Å². The van der Waals surface area contributed by atoms with E-state index >= 15 is 0 Å². The van der Waals surface area contributed by atoms with Crippen molar-refractivity contribution in [1.29, 1.82) is 0 Å². The lowest BCUT2D eigenvalue weighted by molar-refractivity contribution is 0.0600. The Balaban J connectivity index is 1.14. The van der Waals surface area contributed by atoms with Gasteiger partial charge in [0.25, 0.3) is 0 Å². The van der Waals surface area contributed by atoms with E-state index in [9.17, 15) is 4.79 Å². The third-order valence-electron chi connectivity index (χ3n) is 7.45. The Morgan fingerprint density at radius 3 is 2.46 bits per heavy atom. The number of ether oxygens (including phenoxy) is 4. The standard InChI is InChI=1S/C37H34N4O7/c1-5-34-38-29(22-46-34)17-16-28-20-41(30-9-7-6-8-10-30)40-36(28)47-21-25-11-18-32(33(19-25)43-3)45-23-31-24(2)48-35(39-31)26-12-14-27(15-13-26)37(42)44-4/h6-20,22H,5,21,23H2,1-4H3/b17-16+. The summed E-state index contributed by atoms with van der Waals surface area (Å²) in [6.45, 7) is 4.23. The lowest BCUT2D eigenvalue weighted by Gasteiger charge is -2.12. The minimum atomic E-state index is -0.406. The number of carbonyl (C=O) groups excluding carboxylic acids is 1. The Kier molecular flexibility index (Phi) is 9.66. The van der Waals surface area contributed by atoms with E-state index < -0.39 is 5.97 Å². The predicted molar refractivity (Wildman–Crippen MR) is 178 cm³/mol. The molecule has 6 aromatic rings. The molecule has 244 valence electrons. The minimum Gasteiger partial charge on any atom is -0.493 e. The summed E-state index contributed by atoms with van der Waals surface area (Å²) in [5.74, 6) is 2.88. The fourth-order valence-corrected chi connectivity index (χ4v) is 4.82. The molecule has 0 radical (unpaired) electrons.